The van der Waals surface area contributed by atoms with Crippen molar-refractivity contribution in [1.82, 2.24) is 4.90 Å². The summed E-state index contributed by atoms with van der Waals surface area (Å²) < 4.78 is 0. The van der Waals surface area contributed by atoms with Gasteiger partial charge in [0.2, 0.25) is 5.91 Å². The van der Waals surface area contributed by atoms with Crippen LogP contribution in [0.4, 0.5) is 0 Å². The fourth-order valence-electron chi connectivity index (χ4n) is 2.72. The van der Waals surface area contributed by atoms with Crippen molar-refractivity contribution < 1.29 is 4.79 Å². The predicted molar refractivity (Wildman–Crippen MR) is 80.1 cm³/mol. The number of benzene rings is 1. The van der Waals surface area contributed by atoms with E-state index in [0.29, 0.717) is 17.1 Å². The first-order chi connectivity index (χ1) is 9.08. The molecule has 1 aliphatic rings. The maximum atomic E-state index is 12.3. The van der Waals surface area contributed by atoms with Crippen molar-refractivity contribution in [2.24, 2.45) is 0 Å². The van der Waals surface area contributed by atoms with Crippen LogP contribution in [0.1, 0.15) is 38.7 Å². The molecule has 0 unspecified atom stereocenters. The van der Waals surface area contributed by atoms with Crippen molar-refractivity contribution in [2.75, 3.05) is 0 Å². The van der Waals surface area contributed by atoms with Crippen LogP contribution in [-0.2, 0) is 4.79 Å². The van der Waals surface area contributed by atoms with Gasteiger partial charge in [-0.3, -0.25) is 4.79 Å². The summed E-state index contributed by atoms with van der Waals surface area (Å²) in [6, 6.07) is 8.18. The van der Waals surface area contributed by atoms with Crippen molar-refractivity contribution >= 4 is 23.6 Å². The average molecular weight is 278 g/mol. The van der Waals surface area contributed by atoms with Gasteiger partial charge in [0.15, 0.2) is 0 Å². The molecule has 102 valence electrons. The smallest absolute Gasteiger partial charge is 0.247 e. The Labute approximate surface area is 120 Å². The summed E-state index contributed by atoms with van der Waals surface area (Å²) in [5.41, 5.74) is 0.957. The first-order valence-electron chi connectivity index (χ1n) is 6.84. The highest BCUT2D eigenvalue weighted by atomic mass is 35.5. The fourth-order valence-corrected chi connectivity index (χ4v) is 2.92. The lowest BCUT2D eigenvalue weighted by Gasteiger charge is -2.38. The zero-order valence-electron chi connectivity index (χ0n) is 11.5. The SMILES string of the molecule is C[C@H]1CCC[C@H](C)N1C(=O)/C=C/c1cccc(Cl)c1. The molecule has 1 fully saturated rings. The van der Waals surface area contributed by atoms with Crippen LogP contribution in [-0.4, -0.2) is 22.9 Å². The molecule has 0 bridgehead atoms. The van der Waals surface area contributed by atoms with Crippen molar-refractivity contribution in [3.8, 4) is 0 Å². The number of piperidine rings is 1. The molecule has 1 amide bonds. The molecule has 0 spiro atoms. The van der Waals surface area contributed by atoms with E-state index in [9.17, 15) is 4.79 Å². The normalized spacial score (nSPS) is 23.8. The minimum absolute atomic E-state index is 0.0969. The molecule has 0 N–H and O–H groups in total. The molecular weight excluding hydrogens is 258 g/mol. The Morgan fingerprint density at radius 3 is 2.63 bits per heavy atom. The molecule has 1 aromatic carbocycles. The molecular formula is C16H20ClNO. The predicted octanol–water partition coefficient (Wildman–Crippen LogP) is 4.14. The Bertz CT molecular complexity index is 473. The summed E-state index contributed by atoms with van der Waals surface area (Å²) in [5.74, 6) is 0.0969. The van der Waals surface area contributed by atoms with E-state index in [1.165, 1.54) is 6.42 Å². The second-order valence-electron chi connectivity index (χ2n) is 5.26. The summed E-state index contributed by atoms with van der Waals surface area (Å²) in [5, 5.41) is 0.689. The van der Waals surface area contributed by atoms with Crippen LogP contribution < -0.4 is 0 Å². The Hall–Kier alpha value is -1.28. The highest BCUT2D eigenvalue weighted by Gasteiger charge is 2.27. The van der Waals surface area contributed by atoms with E-state index in [4.69, 9.17) is 11.6 Å². The molecule has 1 saturated heterocycles. The molecule has 1 aromatic rings. The summed E-state index contributed by atoms with van der Waals surface area (Å²) in [4.78, 5) is 14.3. The third kappa shape index (κ3) is 3.60. The standard InChI is InChI=1S/C16H20ClNO/c1-12-5-3-6-13(2)18(12)16(19)10-9-14-7-4-8-15(17)11-14/h4,7-13H,3,5-6H2,1-2H3/b10-9+/t12-,13-/m0/s1. The monoisotopic (exact) mass is 277 g/mol. The van der Waals surface area contributed by atoms with Gasteiger partial charge in [-0.25, -0.2) is 0 Å². The van der Waals surface area contributed by atoms with Crippen LogP contribution in [0.25, 0.3) is 6.08 Å². The largest absolute Gasteiger partial charge is 0.334 e. The number of hydrogen-bond acceptors (Lipinski definition) is 1. The van der Waals surface area contributed by atoms with Crippen LogP contribution in [0.15, 0.2) is 30.3 Å². The first-order valence-corrected chi connectivity index (χ1v) is 7.21. The molecule has 2 nitrogen and oxygen atoms in total. The van der Waals surface area contributed by atoms with Gasteiger partial charge in [0.05, 0.1) is 0 Å². The van der Waals surface area contributed by atoms with Crippen LogP contribution in [0.5, 0.6) is 0 Å². The maximum absolute atomic E-state index is 12.3. The summed E-state index contributed by atoms with van der Waals surface area (Å²) in [6.07, 6.45) is 6.90. The van der Waals surface area contributed by atoms with Gasteiger partial charge in [-0.15, -0.1) is 0 Å². The molecule has 0 aromatic heterocycles. The molecule has 3 heteroatoms. The molecule has 0 radical (unpaired) electrons. The zero-order valence-corrected chi connectivity index (χ0v) is 12.2. The second kappa shape index (κ2) is 6.25. The summed E-state index contributed by atoms with van der Waals surface area (Å²) in [7, 11) is 0. The number of likely N-dealkylation sites (tertiary alicyclic amines) is 1. The van der Waals surface area contributed by atoms with E-state index >= 15 is 0 Å². The lowest BCUT2D eigenvalue weighted by atomic mass is 9.97. The maximum Gasteiger partial charge on any atom is 0.247 e. The fraction of sp³-hybridized carbons (Fsp3) is 0.438. The average Bonchev–Trinajstić information content (AvgIpc) is 2.36. The Kier molecular flexibility index (Phi) is 4.65. The van der Waals surface area contributed by atoms with Gasteiger partial charge in [0.25, 0.3) is 0 Å². The number of halogens is 1. The lowest BCUT2D eigenvalue weighted by molar-refractivity contribution is -0.131. The van der Waals surface area contributed by atoms with Crippen LogP contribution in [0.2, 0.25) is 5.02 Å². The Morgan fingerprint density at radius 1 is 1.32 bits per heavy atom. The highest BCUT2D eigenvalue weighted by molar-refractivity contribution is 6.30. The minimum Gasteiger partial charge on any atom is -0.334 e. The van der Waals surface area contributed by atoms with Crippen molar-refractivity contribution in [1.29, 1.82) is 0 Å². The third-order valence-corrected chi connectivity index (χ3v) is 3.95. The van der Waals surface area contributed by atoms with E-state index in [1.54, 1.807) is 6.08 Å². The highest BCUT2D eigenvalue weighted by Crippen LogP contribution is 2.23. The number of carbonyl (C=O) groups excluding carboxylic acids is 1. The van der Waals surface area contributed by atoms with Gasteiger partial charge in [-0.2, -0.15) is 0 Å². The second-order valence-corrected chi connectivity index (χ2v) is 5.70. The number of amides is 1. The first kappa shape index (κ1) is 14.1. The summed E-state index contributed by atoms with van der Waals surface area (Å²) in [6.45, 7) is 4.25. The quantitative estimate of drug-likeness (QED) is 0.744. The van der Waals surface area contributed by atoms with Gasteiger partial charge < -0.3 is 4.90 Å². The Morgan fingerprint density at radius 2 is 2.00 bits per heavy atom. The Balaban J connectivity index is 2.07. The zero-order chi connectivity index (χ0) is 13.8. The van der Waals surface area contributed by atoms with Gasteiger partial charge >= 0.3 is 0 Å². The van der Waals surface area contributed by atoms with Crippen molar-refractivity contribution in [2.45, 2.75) is 45.2 Å². The van der Waals surface area contributed by atoms with Crippen molar-refractivity contribution in [3.05, 3.63) is 40.9 Å². The number of hydrogen-bond donors (Lipinski definition) is 0. The molecule has 2 rings (SSSR count). The minimum atomic E-state index is 0.0969. The topological polar surface area (TPSA) is 20.3 Å². The van der Waals surface area contributed by atoms with Crippen LogP contribution >= 0.6 is 11.6 Å². The van der Waals surface area contributed by atoms with E-state index in [2.05, 4.69) is 13.8 Å². The van der Waals surface area contributed by atoms with Crippen molar-refractivity contribution in [3.63, 3.8) is 0 Å². The van der Waals surface area contributed by atoms with Crippen LogP contribution in [0.3, 0.4) is 0 Å². The van der Waals surface area contributed by atoms with Gasteiger partial charge in [-0.1, -0.05) is 23.7 Å². The molecule has 1 heterocycles. The molecule has 0 saturated carbocycles. The van der Waals surface area contributed by atoms with E-state index in [-0.39, 0.29) is 5.91 Å². The van der Waals surface area contributed by atoms with Gasteiger partial charge in [0.1, 0.15) is 0 Å². The summed E-state index contributed by atoms with van der Waals surface area (Å²) >= 11 is 5.93. The number of rotatable bonds is 2. The lowest BCUT2D eigenvalue weighted by Crippen LogP contribution is -2.46. The molecule has 1 aliphatic heterocycles. The van der Waals surface area contributed by atoms with E-state index in [0.717, 1.165) is 18.4 Å². The molecule has 2 atom stereocenters. The van der Waals surface area contributed by atoms with Gasteiger partial charge in [0, 0.05) is 23.2 Å². The van der Waals surface area contributed by atoms with Crippen LogP contribution in [0, 0.1) is 0 Å². The molecule has 0 aliphatic carbocycles. The number of carbonyl (C=O) groups is 1. The van der Waals surface area contributed by atoms with Gasteiger partial charge in [-0.05, 0) is 56.9 Å². The van der Waals surface area contributed by atoms with E-state index in [1.807, 2.05) is 35.2 Å². The third-order valence-electron chi connectivity index (χ3n) is 3.72. The number of nitrogens with zero attached hydrogens (tertiary/aromatic N) is 1. The molecule has 19 heavy (non-hydrogen) atoms. The van der Waals surface area contributed by atoms with E-state index < -0.39 is 0 Å².